The number of aromatic nitrogens is 3. The van der Waals surface area contributed by atoms with E-state index in [0.717, 1.165) is 0 Å². The Morgan fingerprint density at radius 2 is 2.14 bits per heavy atom. The lowest BCUT2D eigenvalue weighted by molar-refractivity contribution is 0.619. The Morgan fingerprint density at radius 1 is 1.36 bits per heavy atom. The molecule has 0 radical (unpaired) electrons. The molecule has 0 fully saturated rings. The summed E-state index contributed by atoms with van der Waals surface area (Å²) in [5.41, 5.74) is 1.11. The molecule has 0 N–H and O–H groups in total. The van der Waals surface area contributed by atoms with E-state index >= 15 is 0 Å². The van der Waals surface area contributed by atoms with Crippen molar-refractivity contribution < 1.29 is 4.39 Å². The van der Waals surface area contributed by atoms with Crippen molar-refractivity contribution in [3.8, 4) is 11.4 Å². The third-order valence-corrected chi connectivity index (χ3v) is 2.14. The molecule has 0 bridgehead atoms. The van der Waals surface area contributed by atoms with Crippen molar-refractivity contribution in [2.24, 2.45) is 7.05 Å². The summed E-state index contributed by atoms with van der Waals surface area (Å²) < 4.78 is 15.4. The molecule has 0 amide bonds. The van der Waals surface area contributed by atoms with Gasteiger partial charge in [0.25, 0.3) is 0 Å². The summed E-state index contributed by atoms with van der Waals surface area (Å²) in [7, 11) is 1.79. The molecule has 0 aliphatic carbocycles. The Bertz CT molecular complexity index is 462. The van der Waals surface area contributed by atoms with Crippen LogP contribution < -0.4 is 0 Å². The normalized spacial score (nSPS) is 10.5. The van der Waals surface area contributed by atoms with E-state index in [1.54, 1.807) is 37.0 Å². The van der Waals surface area contributed by atoms with Crippen LogP contribution in [0.15, 0.2) is 24.5 Å². The Morgan fingerprint density at radius 3 is 2.79 bits per heavy atom. The molecule has 0 saturated carbocycles. The minimum atomic E-state index is -0.233. The lowest BCUT2D eigenvalue weighted by Gasteiger charge is -2.03. The molecule has 2 aromatic rings. The van der Waals surface area contributed by atoms with Gasteiger partial charge < -0.3 is 4.57 Å². The first-order valence-electron chi connectivity index (χ1n) is 4.29. The average Bonchev–Trinajstić information content (AvgIpc) is 2.57. The predicted octanol–water partition coefficient (Wildman–Crippen LogP) is 1.93. The van der Waals surface area contributed by atoms with Crippen LogP contribution in [0.5, 0.6) is 0 Å². The summed E-state index contributed by atoms with van der Waals surface area (Å²) in [5, 5.41) is 7.58. The molecule has 0 saturated heterocycles. The molecular weight excluding hydrogens is 181 g/mol. The predicted molar refractivity (Wildman–Crippen MR) is 51.1 cm³/mol. The Labute approximate surface area is 81.2 Å². The fourth-order valence-electron chi connectivity index (χ4n) is 1.35. The average molecular weight is 191 g/mol. The highest BCUT2D eigenvalue weighted by molar-refractivity contribution is 5.57. The summed E-state index contributed by atoms with van der Waals surface area (Å²) in [6.45, 7) is 1.73. The first-order chi connectivity index (χ1) is 6.70. The number of aryl methyl sites for hydroxylation is 2. The van der Waals surface area contributed by atoms with Crippen molar-refractivity contribution in [1.29, 1.82) is 0 Å². The second kappa shape index (κ2) is 3.21. The maximum Gasteiger partial charge on any atom is 0.166 e. The van der Waals surface area contributed by atoms with Crippen LogP contribution in [-0.2, 0) is 7.05 Å². The monoisotopic (exact) mass is 191 g/mol. The number of benzene rings is 1. The molecule has 1 aromatic heterocycles. The molecule has 0 atom stereocenters. The van der Waals surface area contributed by atoms with Gasteiger partial charge in [0.15, 0.2) is 5.82 Å². The van der Waals surface area contributed by atoms with Gasteiger partial charge in [-0.15, -0.1) is 10.2 Å². The van der Waals surface area contributed by atoms with Gasteiger partial charge in [-0.3, -0.25) is 0 Å². The van der Waals surface area contributed by atoms with E-state index in [1.807, 2.05) is 6.07 Å². The highest BCUT2D eigenvalue weighted by Gasteiger charge is 2.11. The van der Waals surface area contributed by atoms with E-state index < -0.39 is 0 Å². The maximum atomic E-state index is 13.7. The number of nitrogens with zero attached hydrogens (tertiary/aromatic N) is 3. The largest absolute Gasteiger partial charge is 0.317 e. The molecule has 3 nitrogen and oxygen atoms in total. The fourth-order valence-corrected chi connectivity index (χ4v) is 1.35. The summed E-state index contributed by atoms with van der Waals surface area (Å²) >= 11 is 0. The lowest BCUT2D eigenvalue weighted by Crippen LogP contribution is -1.95. The van der Waals surface area contributed by atoms with Crippen LogP contribution in [0, 0.1) is 12.7 Å². The quantitative estimate of drug-likeness (QED) is 0.689. The number of halogens is 1. The first-order valence-corrected chi connectivity index (χ1v) is 4.29. The van der Waals surface area contributed by atoms with Crippen molar-refractivity contribution >= 4 is 0 Å². The minimum Gasteiger partial charge on any atom is -0.317 e. The molecule has 1 aromatic carbocycles. The molecular formula is C10H10FN3. The van der Waals surface area contributed by atoms with Gasteiger partial charge in [-0.25, -0.2) is 4.39 Å². The molecule has 1 heterocycles. The Balaban J connectivity index is 2.63. The van der Waals surface area contributed by atoms with Gasteiger partial charge in [-0.1, -0.05) is 12.1 Å². The van der Waals surface area contributed by atoms with Gasteiger partial charge >= 0.3 is 0 Å². The van der Waals surface area contributed by atoms with Crippen molar-refractivity contribution in [3.63, 3.8) is 0 Å². The van der Waals surface area contributed by atoms with Crippen molar-refractivity contribution in [3.05, 3.63) is 35.9 Å². The molecule has 14 heavy (non-hydrogen) atoms. The number of rotatable bonds is 1. The number of hydrogen-bond donors (Lipinski definition) is 0. The van der Waals surface area contributed by atoms with Gasteiger partial charge in [0.1, 0.15) is 12.1 Å². The van der Waals surface area contributed by atoms with Gasteiger partial charge in [0.05, 0.1) is 5.56 Å². The maximum absolute atomic E-state index is 13.7. The van der Waals surface area contributed by atoms with E-state index in [2.05, 4.69) is 10.2 Å². The summed E-state index contributed by atoms with van der Waals surface area (Å²) in [6.07, 6.45) is 1.55. The molecule has 0 aliphatic heterocycles. The zero-order valence-corrected chi connectivity index (χ0v) is 8.03. The summed E-state index contributed by atoms with van der Waals surface area (Å²) in [5.74, 6) is 0.315. The smallest absolute Gasteiger partial charge is 0.166 e. The van der Waals surface area contributed by atoms with Crippen LogP contribution in [0.3, 0.4) is 0 Å². The summed E-state index contributed by atoms with van der Waals surface area (Å²) in [6, 6.07) is 5.24. The molecule has 0 aliphatic rings. The molecule has 4 heteroatoms. The van der Waals surface area contributed by atoms with Crippen LogP contribution in [0.1, 0.15) is 5.56 Å². The SMILES string of the molecule is Cc1cccc(-c2nncn2C)c1F. The second-order valence-corrected chi connectivity index (χ2v) is 3.20. The van der Waals surface area contributed by atoms with Crippen molar-refractivity contribution in [1.82, 2.24) is 14.8 Å². The van der Waals surface area contributed by atoms with Crippen molar-refractivity contribution in [2.45, 2.75) is 6.92 Å². The Hall–Kier alpha value is -1.71. The van der Waals surface area contributed by atoms with Gasteiger partial charge in [-0.2, -0.15) is 0 Å². The van der Waals surface area contributed by atoms with E-state index in [0.29, 0.717) is 17.0 Å². The van der Waals surface area contributed by atoms with Gasteiger partial charge in [0, 0.05) is 7.05 Å². The molecule has 2 rings (SSSR count). The van der Waals surface area contributed by atoms with Crippen LogP contribution >= 0.6 is 0 Å². The lowest BCUT2D eigenvalue weighted by atomic mass is 10.1. The highest BCUT2D eigenvalue weighted by atomic mass is 19.1. The van der Waals surface area contributed by atoms with E-state index in [1.165, 1.54) is 0 Å². The van der Waals surface area contributed by atoms with Crippen LogP contribution in [-0.4, -0.2) is 14.8 Å². The standard InChI is InChI=1S/C10H10FN3/c1-7-4-3-5-8(9(7)11)10-13-12-6-14(10)2/h3-6H,1-2H3. The second-order valence-electron chi connectivity index (χ2n) is 3.20. The highest BCUT2D eigenvalue weighted by Crippen LogP contribution is 2.21. The topological polar surface area (TPSA) is 30.7 Å². The zero-order valence-electron chi connectivity index (χ0n) is 8.03. The minimum absolute atomic E-state index is 0.233. The van der Waals surface area contributed by atoms with E-state index in [9.17, 15) is 4.39 Å². The fraction of sp³-hybridized carbons (Fsp3) is 0.200. The number of hydrogen-bond acceptors (Lipinski definition) is 2. The molecule has 72 valence electrons. The Kier molecular flexibility index (Phi) is 2.04. The van der Waals surface area contributed by atoms with Crippen LogP contribution in [0.4, 0.5) is 4.39 Å². The third kappa shape index (κ3) is 1.28. The summed E-state index contributed by atoms with van der Waals surface area (Å²) in [4.78, 5) is 0. The van der Waals surface area contributed by atoms with Crippen LogP contribution in [0.2, 0.25) is 0 Å². The first kappa shape index (κ1) is 8.87. The van der Waals surface area contributed by atoms with Gasteiger partial charge in [0.2, 0.25) is 0 Å². The van der Waals surface area contributed by atoms with Crippen LogP contribution in [0.25, 0.3) is 11.4 Å². The zero-order chi connectivity index (χ0) is 10.1. The van der Waals surface area contributed by atoms with Crippen molar-refractivity contribution in [2.75, 3.05) is 0 Å². The van der Waals surface area contributed by atoms with Gasteiger partial charge in [-0.05, 0) is 18.6 Å². The van der Waals surface area contributed by atoms with E-state index in [-0.39, 0.29) is 5.82 Å². The van der Waals surface area contributed by atoms with E-state index in [4.69, 9.17) is 0 Å². The molecule has 0 unspecified atom stereocenters. The third-order valence-electron chi connectivity index (χ3n) is 2.14. The molecule has 0 spiro atoms.